The van der Waals surface area contributed by atoms with E-state index >= 15 is 0 Å². The first kappa shape index (κ1) is 12.3. The Balaban J connectivity index is 1.59. The van der Waals surface area contributed by atoms with Gasteiger partial charge in [0.15, 0.2) is 0 Å². The van der Waals surface area contributed by atoms with Crippen molar-refractivity contribution in [1.82, 2.24) is 25.2 Å². The molecule has 1 aromatic carbocycles. The van der Waals surface area contributed by atoms with Crippen molar-refractivity contribution in [3.63, 3.8) is 0 Å². The predicted molar refractivity (Wildman–Crippen MR) is 74.1 cm³/mol. The Bertz CT molecular complexity index is 522. The summed E-state index contributed by atoms with van der Waals surface area (Å²) in [5, 5.41) is 12.3. The quantitative estimate of drug-likeness (QED) is 0.889. The Morgan fingerprint density at radius 3 is 2.89 bits per heavy atom. The van der Waals surface area contributed by atoms with Gasteiger partial charge in [0.1, 0.15) is 0 Å². The Morgan fingerprint density at radius 1 is 1.32 bits per heavy atom. The summed E-state index contributed by atoms with van der Waals surface area (Å²) in [5.41, 5.74) is 1.98. The van der Waals surface area contributed by atoms with Gasteiger partial charge in [0.05, 0.1) is 17.6 Å². The van der Waals surface area contributed by atoms with E-state index < -0.39 is 0 Å². The van der Waals surface area contributed by atoms with Crippen LogP contribution < -0.4 is 5.32 Å². The fourth-order valence-electron chi connectivity index (χ4n) is 2.41. The fraction of sp³-hybridized carbons (Fsp3) is 0.429. The number of para-hydroxylation sites is 1. The topological polar surface area (TPSA) is 46.0 Å². The first-order valence-electron chi connectivity index (χ1n) is 6.70. The van der Waals surface area contributed by atoms with Crippen molar-refractivity contribution in [3.8, 4) is 5.69 Å². The highest BCUT2D eigenvalue weighted by Crippen LogP contribution is 2.08. The third-order valence-corrected chi connectivity index (χ3v) is 3.49. The Labute approximate surface area is 113 Å². The van der Waals surface area contributed by atoms with E-state index in [4.69, 9.17) is 0 Å². The minimum absolute atomic E-state index is 0.576. The third kappa shape index (κ3) is 3.00. The second-order valence-electron chi connectivity index (χ2n) is 5.09. The number of rotatable bonds is 4. The van der Waals surface area contributed by atoms with E-state index in [-0.39, 0.29) is 0 Å². The van der Waals surface area contributed by atoms with E-state index in [2.05, 4.69) is 27.5 Å². The predicted octanol–water partition coefficient (Wildman–Crippen LogP) is 1.06. The molecule has 0 spiro atoms. The van der Waals surface area contributed by atoms with Crippen LogP contribution in [0.2, 0.25) is 0 Å². The highest BCUT2D eigenvalue weighted by Gasteiger charge is 2.18. The van der Waals surface area contributed by atoms with Gasteiger partial charge >= 0.3 is 0 Å². The van der Waals surface area contributed by atoms with Crippen LogP contribution in [-0.2, 0) is 6.54 Å². The van der Waals surface area contributed by atoms with Crippen molar-refractivity contribution >= 4 is 0 Å². The lowest BCUT2D eigenvalue weighted by Crippen LogP contribution is -2.31. The molecule has 2 heterocycles. The number of nitrogens with zero attached hydrogens (tertiary/aromatic N) is 4. The molecule has 0 radical (unpaired) electrons. The van der Waals surface area contributed by atoms with Crippen molar-refractivity contribution in [2.24, 2.45) is 0 Å². The zero-order chi connectivity index (χ0) is 13.1. The molecule has 0 amide bonds. The molecule has 1 fully saturated rings. The molecule has 5 heteroatoms. The molecule has 1 unspecified atom stereocenters. The second-order valence-corrected chi connectivity index (χ2v) is 5.09. The van der Waals surface area contributed by atoms with E-state index in [1.54, 1.807) is 4.80 Å². The number of benzene rings is 1. The van der Waals surface area contributed by atoms with Crippen LogP contribution in [0.5, 0.6) is 0 Å². The van der Waals surface area contributed by atoms with Gasteiger partial charge in [0.25, 0.3) is 0 Å². The summed E-state index contributed by atoms with van der Waals surface area (Å²) in [6.07, 6.45) is 3.04. The van der Waals surface area contributed by atoms with Crippen LogP contribution in [0.3, 0.4) is 0 Å². The largest absolute Gasteiger partial charge is 0.307 e. The summed E-state index contributed by atoms with van der Waals surface area (Å²) in [7, 11) is 2.16. The summed E-state index contributed by atoms with van der Waals surface area (Å²) in [6, 6.07) is 10.6. The molecule has 0 aliphatic carbocycles. The van der Waals surface area contributed by atoms with Gasteiger partial charge < -0.3 is 10.2 Å². The number of hydrogen-bond acceptors (Lipinski definition) is 4. The SMILES string of the molecule is CN1CCC(NCc2cnn(-c3ccccc3)n2)C1. The van der Waals surface area contributed by atoms with Gasteiger partial charge in [0, 0.05) is 19.1 Å². The first-order chi connectivity index (χ1) is 9.31. The Morgan fingerprint density at radius 2 is 2.16 bits per heavy atom. The average Bonchev–Trinajstić information content (AvgIpc) is 3.06. The lowest BCUT2D eigenvalue weighted by Gasteiger charge is -2.11. The molecule has 5 nitrogen and oxygen atoms in total. The molecular formula is C14H19N5. The smallest absolute Gasteiger partial charge is 0.0969 e. The van der Waals surface area contributed by atoms with Gasteiger partial charge in [-0.15, -0.1) is 0 Å². The zero-order valence-electron chi connectivity index (χ0n) is 11.2. The van der Waals surface area contributed by atoms with Gasteiger partial charge in [-0.25, -0.2) is 0 Å². The summed E-state index contributed by atoms with van der Waals surface area (Å²) >= 11 is 0. The van der Waals surface area contributed by atoms with Gasteiger partial charge in [-0.1, -0.05) is 18.2 Å². The van der Waals surface area contributed by atoms with Gasteiger partial charge in [-0.05, 0) is 32.1 Å². The molecule has 0 saturated carbocycles. The van der Waals surface area contributed by atoms with E-state index in [0.717, 1.165) is 24.5 Å². The van der Waals surface area contributed by atoms with Crippen molar-refractivity contribution in [1.29, 1.82) is 0 Å². The second kappa shape index (κ2) is 5.50. The van der Waals surface area contributed by atoms with Crippen LogP contribution in [-0.4, -0.2) is 46.1 Å². The van der Waals surface area contributed by atoms with E-state index in [1.807, 2.05) is 36.5 Å². The summed E-state index contributed by atoms with van der Waals surface area (Å²) < 4.78 is 0. The highest BCUT2D eigenvalue weighted by molar-refractivity contribution is 5.28. The Kier molecular flexibility index (Phi) is 3.57. The first-order valence-corrected chi connectivity index (χ1v) is 6.70. The van der Waals surface area contributed by atoms with Crippen LogP contribution in [0.15, 0.2) is 36.5 Å². The van der Waals surface area contributed by atoms with E-state index in [0.29, 0.717) is 6.04 Å². The van der Waals surface area contributed by atoms with Gasteiger partial charge in [-0.2, -0.15) is 15.0 Å². The normalized spacial score (nSPS) is 19.9. The molecule has 1 saturated heterocycles. The number of likely N-dealkylation sites (tertiary alicyclic amines) is 1. The maximum Gasteiger partial charge on any atom is 0.0969 e. The molecule has 0 bridgehead atoms. The summed E-state index contributed by atoms with van der Waals surface area (Å²) in [6.45, 7) is 3.08. The fourth-order valence-corrected chi connectivity index (χ4v) is 2.41. The molecule has 1 N–H and O–H groups in total. The van der Waals surface area contributed by atoms with Crippen molar-refractivity contribution < 1.29 is 0 Å². The van der Waals surface area contributed by atoms with Crippen LogP contribution in [0.4, 0.5) is 0 Å². The number of nitrogens with one attached hydrogen (secondary N) is 1. The number of hydrogen-bond donors (Lipinski definition) is 1. The molecule has 2 aromatic rings. The van der Waals surface area contributed by atoms with Gasteiger partial charge in [0.2, 0.25) is 0 Å². The number of likely N-dealkylation sites (N-methyl/N-ethyl adjacent to an activating group) is 1. The highest BCUT2D eigenvalue weighted by atomic mass is 15.5. The lowest BCUT2D eigenvalue weighted by molar-refractivity contribution is 0.397. The van der Waals surface area contributed by atoms with Crippen molar-refractivity contribution in [2.75, 3.05) is 20.1 Å². The van der Waals surface area contributed by atoms with Crippen LogP contribution >= 0.6 is 0 Å². The van der Waals surface area contributed by atoms with Crippen LogP contribution in [0.25, 0.3) is 5.69 Å². The molecular weight excluding hydrogens is 238 g/mol. The molecule has 3 rings (SSSR count). The standard InChI is InChI=1S/C14H19N5/c1-18-8-7-12(11-18)15-9-13-10-16-19(17-13)14-5-3-2-4-6-14/h2-6,10,12,15H,7-9,11H2,1H3. The third-order valence-electron chi connectivity index (χ3n) is 3.49. The molecule has 19 heavy (non-hydrogen) atoms. The maximum absolute atomic E-state index is 4.49. The van der Waals surface area contributed by atoms with E-state index in [9.17, 15) is 0 Å². The molecule has 100 valence electrons. The van der Waals surface area contributed by atoms with E-state index in [1.165, 1.54) is 13.0 Å². The van der Waals surface area contributed by atoms with Crippen LogP contribution in [0.1, 0.15) is 12.1 Å². The lowest BCUT2D eigenvalue weighted by atomic mass is 10.2. The van der Waals surface area contributed by atoms with Gasteiger partial charge in [-0.3, -0.25) is 0 Å². The van der Waals surface area contributed by atoms with Crippen molar-refractivity contribution in [2.45, 2.75) is 19.0 Å². The van der Waals surface area contributed by atoms with Crippen LogP contribution in [0, 0.1) is 0 Å². The minimum atomic E-state index is 0.576. The summed E-state index contributed by atoms with van der Waals surface area (Å²) in [5.74, 6) is 0. The monoisotopic (exact) mass is 257 g/mol. The molecule has 1 aromatic heterocycles. The molecule has 1 aliphatic heterocycles. The summed E-state index contributed by atoms with van der Waals surface area (Å²) in [4.78, 5) is 4.02. The maximum atomic E-state index is 4.49. The van der Waals surface area contributed by atoms with Crippen molar-refractivity contribution in [3.05, 3.63) is 42.2 Å². The minimum Gasteiger partial charge on any atom is -0.307 e. The zero-order valence-corrected chi connectivity index (χ0v) is 11.2. The number of aromatic nitrogens is 3. The molecule has 1 aliphatic rings. The Hall–Kier alpha value is -1.72. The average molecular weight is 257 g/mol. The molecule has 1 atom stereocenters.